The second-order valence-electron chi connectivity index (χ2n) is 10.5. The zero-order chi connectivity index (χ0) is 27.1. The number of thiophene rings is 1. The summed E-state index contributed by atoms with van der Waals surface area (Å²) >= 11 is 1.84. The lowest BCUT2D eigenvalue weighted by Crippen LogP contribution is -1.93. The van der Waals surface area contributed by atoms with Crippen LogP contribution in [0.4, 0.5) is 0 Å². The third kappa shape index (κ3) is 3.18. The third-order valence-corrected chi connectivity index (χ3v) is 9.36. The van der Waals surface area contributed by atoms with Crippen LogP contribution in [0.3, 0.4) is 0 Å². The summed E-state index contributed by atoms with van der Waals surface area (Å²) < 4.78 is 11.0. The van der Waals surface area contributed by atoms with Gasteiger partial charge in [-0.15, -0.1) is 11.3 Å². The number of nitriles is 1. The quantitative estimate of drug-likeness (QED) is 0.219. The summed E-state index contributed by atoms with van der Waals surface area (Å²) in [6.07, 6.45) is 0. The molecule has 9 aromatic rings. The molecule has 0 bridgehead atoms. The largest absolute Gasteiger partial charge is 0.456 e. The summed E-state index contributed by atoms with van der Waals surface area (Å²) in [5, 5.41) is 16.7. The Morgan fingerprint density at radius 3 is 2.24 bits per heavy atom. The predicted octanol–water partition coefficient (Wildman–Crippen LogP) is 10.6. The van der Waals surface area contributed by atoms with Gasteiger partial charge in [0.1, 0.15) is 11.2 Å². The van der Waals surface area contributed by atoms with E-state index < -0.39 is 0 Å². The first-order valence-electron chi connectivity index (χ1n) is 13.6. The summed E-state index contributed by atoms with van der Waals surface area (Å²) in [5.41, 5.74) is 8.06. The second-order valence-corrected chi connectivity index (χ2v) is 11.6. The monoisotopic (exact) mass is 540 g/mol. The molecule has 0 atom stereocenters. The van der Waals surface area contributed by atoms with Crippen molar-refractivity contribution in [3.05, 3.63) is 127 Å². The molecule has 0 fully saturated rings. The number of rotatable bonds is 2. The summed E-state index contributed by atoms with van der Waals surface area (Å²) in [5.74, 6) is 0. The number of furan rings is 1. The van der Waals surface area contributed by atoms with Crippen molar-refractivity contribution in [1.29, 1.82) is 5.26 Å². The number of para-hydroxylation sites is 1. The van der Waals surface area contributed by atoms with Crippen LogP contribution in [0.15, 0.2) is 126 Å². The second kappa shape index (κ2) is 8.32. The van der Waals surface area contributed by atoms with Gasteiger partial charge in [0.2, 0.25) is 0 Å². The molecule has 0 aliphatic heterocycles. The van der Waals surface area contributed by atoms with Gasteiger partial charge in [0.15, 0.2) is 0 Å². The lowest BCUT2D eigenvalue weighted by atomic mass is 9.98. The molecule has 3 heterocycles. The van der Waals surface area contributed by atoms with E-state index in [1.54, 1.807) is 0 Å². The third-order valence-electron chi connectivity index (χ3n) is 8.23. The van der Waals surface area contributed by atoms with Crippen molar-refractivity contribution < 1.29 is 4.42 Å². The molecule has 0 spiro atoms. The minimum absolute atomic E-state index is 0.657. The molecular weight excluding hydrogens is 520 g/mol. The van der Waals surface area contributed by atoms with Crippen LogP contribution in [-0.2, 0) is 0 Å². The van der Waals surface area contributed by atoms with E-state index in [0.29, 0.717) is 5.56 Å². The topological polar surface area (TPSA) is 41.9 Å². The summed E-state index contributed by atoms with van der Waals surface area (Å²) in [6, 6.07) is 44.9. The van der Waals surface area contributed by atoms with Gasteiger partial charge in [-0.25, -0.2) is 0 Å². The highest BCUT2D eigenvalue weighted by Crippen LogP contribution is 2.42. The molecule has 0 saturated carbocycles. The number of hydrogen-bond acceptors (Lipinski definition) is 3. The van der Waals surface area contributed by atoms with Crippen molar-refractivity contribution >= 4 is 75.3 Å². The van der Waals surface area contributed by atoms with Gasteiger partial charge in [-0.2, -0.15) is 5.26 Å². The average molecular weight is 541 g/mol. The van der Waals surface area contributed by atoms with Gasteiger partial charge in [-0.1, -0.05) is 54.6 Å². The van der Waals surface area contributed by atoms with Crippen molar-refractivity contribution in [2.45, 2.75) is 0 Å². The normalized spacial score (nSPS) is 11.9. The Morgan fingerprint density at radius 1 is 0.585 bits per heavy atom. The zero-order valence-electron chi connectivity index (χ0n) is 21.8. The van der Waals surface area contributed by atoms with E-state index in [9.17, 15) is 5.26 Å². The molecule has 4 heteroatoms. The number of nitrogens with zero attached hydrogens (tertiary/aromatic N) is 2. The highest BCUT2D eigenvalue weighted by molar-refractivity contribution is 7.25. The Bertz CT molecular complexity index is 2560. The maximum Gasteiger partial charge on any atom is 0.135 e. The van der Waals surface area contributed by atoms with Gasteiger partial charge in [0.25, 0.3) is 0 Å². The minimum Gasteiger partial charge on any atom is -0.456 e. The van der Waals surface area contributed by atoms with Gasteiger partial charge in [0, 0.05) is 47.4 Å². The average Bonchev–Trinajstić information content (AvgIpc) is 3.69. The molecule has 0 aliphatic carbocycles. The smallest absolute Gasteiger partial charge is 0.135 e. The molecule has 6 aromatic carbocycles. The van der Waals surface area contributed by atoms with Crippen LogP contribution >= 0.6 is 11.3 Å². The maximum atomic E-state index is 9.75. The molecular formula is C37H20N2OS. The van der Waals surface area contributed by atoms with Crippen LogP contribution < -0.4 is 0 Å². The number of aromatic nitrogens is 1. The SMILES string of the molecule is N#Cc1ccc2c(c1)c1cc(-c3cccc4sc5ccccc5c34)ccc1n2-c1ccc2oc3ccccc3c2c1. The molecule has 0 aliphatic rings. The Labute approximate surface area is 238 Å². The summed E-state index contributed by atoms with van der Waals surface area (Å²) in [7, 11) is 0. The fourth-order valence-corrected chi connectivity index (χ4v) is 7.54. The Balaban J connectivity index is 1.34. The van der Waals surface area contributed by atoms with Crippen molar-refractivity contribution in [3.8, 4) is 22.9 Å². The van der Waals surface area contributed by atoms with Gasteiger partial charge < -0.3 is 8.98 Å². The molecule has 3 nitrogen and oxygen atoms in total. The molecule has 190 valence electrons. The molecule has 9 rings (SSSR count). The van der Waals surface area contributed by atoms with Crippen LogP contribution in [0.25, 0.3) is 80.7 Å². The molecule has 0 radical (unpaired) electrons. The van der Waals surface area contributed by atoms with E-state index in [4.69, 9.17) is 4.42 Å². The first kappa shape index (κ1) is 22.4. The molecule has 0 unspecified atom stereocenters. The van der Waals surface area contributed by atoms with Gasteiger partial charge in [-0.3, -0.25) is 0 Å². The molecule has 0 N–H and O–H groups in total. The van der Waals surface area contributed by atoms with Gasteiger partial charge in [-0.05, 0) is 77.9 Å². The first-order chi connectivity index (χ1) is 20.3. The fraction of sp³-hybridized carbons (Fsp3) is 0. The van der Waals surface area contributed by atoms with E-state index in [1.165, 1.54) is 31.3 Å². The molecule has 41 heavy (non-hydrogen) atoms. The zero-order valence-corrected chi connectivity index (χ0v) is 22.6. The minimum atomic E-state index is 0.657. The number of hydrogen-bond donors (Lipinski definition) is 0. The highest BCUT2D eigenvalue weighted by atomic mass is 32.1. The van der Waals surface area contributed by atoms with Gasteiger partial charge >= 0.3 is 0 Å². The van der Waals surface area contributed by atoms with E-state index in [-0.39, 0.29) is 0 Å². The van der Waals surface area contributed by atoms with Crippen LogP contribution in [-0.4, -0.2) is 4.57 Å². The van der Waals surface area contributed by atoms with E-state index in [0.717, 1.165) is 49.4 Å². The van der Waals surface area contributed by atoms with Crippen molar-refractivity contribution in [2.24, 2.45) is 0 Å². The Hall–Kier alpha value is -5.37. The molecule has 0 amide bonds. The van der Waals surface area contributed by atoms with Gasteiger partial charge in [0.05, 0.1) is 22.7 Å². The van der Waals surface area contributed by atoms with Crippen LogP contribution in [0.1, 0.15) is 5.56 Å². The van der Waals surface area contributed by atoms with E-state index in [2.05, 4.69) is 102 Å². The van der Waals surface area contributed by atoms with Crippen LogP contribution in [0.5, 0.6) is 0 Å². The number of fused-ring (bicyclic) bond motifs is 9. The molecule has 3 aromatic heterocycles. The first-order valence-corrected chi connectivity index (χ1v) is 14.4. The molecule has 0 saturated heterocycles. The predicted molar refractivity (Wildman–Crippen MR) is 171 cm³/mol. The van der Waals surface area contributed by atoms with Crippen molar-refractivity contribution in [2.75, 3.05) is 0 Å². The highest BCUT2D eigenvalue weighted by Gasteiger charge is 2.17. The van der Waals surface area contributed by atoms with E-state index in [1.807, 2.05) is 41.7 Å². The Morgan fingerprint density at radius 2 is 1.34 bits per heavy atom. The summed E-state index contributed by atoms with van der Waals surface area (Å²) in [4.78, 5) is 0. The lowest BCUT2D eigenvalue weighted by Gasteiger charge is -2.09. The standard InChI is InChI=1S/C37H20N2OS/c38-21-22-12-15-31-28(18-22)29-19-23(25-8-5-11-36-37(25)27-7-2-4-10-35(27)41-36)13-16-32(29)39(31)24-14-17-34-30(20-24)26-6-1-3-9-33(26)40-34/h1-20H. The summed E-state index contributed by atoms with van der Waals surface area (Å²) in [6.45, 7) is 0. The van der Waals surface area contributed by atoms with Crippen molar-refractivity contribution in [3.63, 3.8) is 0 Å². The van der Waals surface area contributed by atoms with Crippen LogP contribution in [0.2, 0.25) is 0 Å². The van der Waals surface area contributed by atoms with E-state index >= 15 is 0 Å². The Kier molecular flexibility index (Phi) is 4.55. The number of benzene rings is 6. The fourth-order valence-electron chi connectivity index (χ4n) is 6.41. The van der Waals surface area contributed by atoms with Crippen molar-refractivity contribution in [1.82, 2.24) is 4.57 Å². The lowest BCUT2D eigenvalue weighted by molar-refractivity contribution is 0.669. The van der Waals surface area contributed by atoms with Crippen LogP contribution in [0, 0.1) is 11.3 Å². The maximum absolute atomic E-state index is 9.75.